The number of nitrogens with one attached hydrogen (secondary N) is 1. The molecule has 0 aromatic heterocycles. The van der Waals surface area contributed by atoms with Crippen LogP contribution in [0.3, 0.4) is 0 Å². The number of halogens is 1. The van der Waals surface area contributed by atoms with Crippen molar-refractivity contribution in [3.05, 3.63) is 29.6 Å². The van der Waals surface area contributed by atoms with Crippen molar-refractivity contribution in [3.8, 4) is 5.75 Å². The van der Waals surface area contributed by atoms with Crippen molar-refractivity contribution in [2.24, 2.45) is 5.73 Å². The molecule has 5 heteroatoms. The van der Waals surface area contributed by atoms with Crippen molar-refractivity contribution in [1.82, 2.24) is 5.32 Å². The van der Waals surface area contributed by atoms with Gasteiger partial charge in [0.15, 0.2) is 18.2 Å². The number of para-hydroxylation sites is 1. The minimum atomic E-state index is -0.468. The van der Waals surface area contributed by atoms with Crippen molar-refractivity contribution in [2.75, 3.05) is 19.7 Å². The summed E-state index contributed by atoms with van der Waals surface area (Å²) in [5, 5.41) is 2.66. The largest absolute Gasteiger partial charge is 0.480 e. The van der Waals surface area contributed by atoms with Gasteiger partial charge in [0, 0.05) is 6.54 Å². The molecule has 0 aliphatic carbocycles. The Balaban J connectivity index is 2.62. The Kier molecular flexibility index (Phi) is 6.14. The van der Waals surface area contributed by atoms with Gasteiger partial charge in [0.05, 0.1) is 0 Å². The van der Waals surface area contributed by atoms with E-state index in [1.807, 2.05) is 6.92 Å². The highest BCUT2D eigenvalue weighted by atomic mass is 19.1. The van der Waals surface area contributed by atoms with Crippen LogP contribution < -0.4 is 15.8 Å². The average Bonchev–Trinajstić information content (AvgIpc) is 2.36. The molecular weight excluding hydrogens is 235 g/mol. The van der Waals surface area contributed by atoms with Gasteiger partial charge in [0.1, 0.15) is 0 Å². The maximum absolute atomic E-state index is 13.6. The van der Waals surface area contributed by atoms with Gasteiger partial charge in [-0.15, -0.1) is 0 Å². The molecule has 0 atom stereocenters. The summed E-state index contributed by atoms with van der Waals surface area (Å²) < 4.78 is 18.8. The Labute approximate surface area is 106 Å². The first-order chi connectivity index (χ1) is 8.69. The van der Waals surface area contributed by atoms with E-state index < -0.39 is 5.82 Å². The Bertz CT molecular complexity index is 397. The average molecular weight is 254 g/mol. The molecule has 0 bridgehead atoms. The van der Waals surface area contributed by atoms with Gasteiger partial charge in [0.25, 0.3) is 5.91 Å². The first-order valence-electron chi connectivity index (χ1n) is 6.06. The monoisotopic (exact) mass is 254 g/mol. The van der Waals surface area contributed by atoms with E-state index in [2.05, 4.69) is 5.32 Å². The highest BCUT2D eigenvalue weighted by Crippen LogP contribution is 2.22. The van der Waals surface area contributed by atoms with Gasteiger partial charge in [-0.3, -0.25) is 4.79 Å². The van der Waals surface area contributed by atoms with Crippen molar-refractivity contribution < 1.29 is 13.9 Å². The second-order valence-corrected chi connectivity index (χ2v) is 3.91. The molecule has 3 N–H and O–H groups in total. The minimum absolute atomic E-state index is 0.120. The zero-order chi connectivity index (χ0) is 13.4. The number of carbonyl (C=O) groups excluding carboxylic acids is 1. The van der Waals surface area contributed by atoms with Crippen LogP contribution in [0.5, 0.6) is 5.75 Å². The Morgan fingerprint density at radius 2 is 2.28 bits per heavy atom. The lowest BCUT2D eigenvalue weighted by Crippen LogP contribution is -2.29. The lowest BCUT2D eigenvalue weighted by molar-refractivity contribution is -0.123. The molecule has 1 aromatic carbocycles. The molecule has 1 rings (SSSR count). The fourth-order valence-electron chi connectivity index (χ4n) is 1.52. The van der Waals surface area contributed by atoms with E-state index in [4.69, 9.17) is 10.5 Å². The number of ether oxygens (including phenoxy) is 1. The summed E-state index contributed by atoms with van der Waals surface area (Å²) in [7, 11) is 0. The van der Waals surface area contributed by atoms with Crippen LogP contribution >= 0.6 is 0 Å². The molecule has 4 nitrogen and oxygen atoms in total. The summed E-state index contributed by atoms with van der Waals surface area (Å²) in [5.41, 5.74) is 6.13. The van der Waals surface area contributed by atoms with Crippen molar-refractivity contribution in [3.63, 3.8) is 0 Å². The van der Waals surface area contributed by atoms with Gasteiger partial charge in [-0.2, -0.15) is 0 Å². The molecule has 1 amide bonds. The fourth-order valence-corrected chi connectivity index (χ4v) is 1.52. The summed E-state index contributed by atoms with van der Waals surface area (Å²) >= 11 is 0. The van der Waals surface area contributed by atoms with Gasteiger partial charge in [-0.05, 0) is 31.0 Å². The third-order valence-electron chi connectivity index (χ3n) is 2.38. The molecule has 18 heavy (non-hydrogen) atoms. The third-order valence-corrected chi connectivity index (χ3v) is 2.38. The second-order valence-electron chi connectivity index (χ2n) is 3.91. The van der Waals surface area contributed by atoms with E-state index in [1.54, 1.807) is 12.1 Å². The maximum atomic E-state index is 13.6. The number of benzene rings is 1. The lowest BCUT2D eigenvalue weighted by Gasteiger charge is -2.11. The predicted octanol–water partition coefficient (Wildman–Crippen LogP) is 1.23. The first kappa shape index (κ1) is 14.4. The zero-order valence-electron chi connectivity index (χ0n) is 10.5. The molecule has 0 aliphatic heterocycles. The van der Waals surface area contributed by atoms with Gasteiger partial charge in [-0.1, -0.05) is 19.1 Å². The number of carbonyl (C=O) groups is 1. The van der Waals surface area contributed by atoms with Crippen LogP contribution in [0.1, 0.15) is 18.9 Å². The van der Waals surface area contributed by atoms with Gasteiger partial charge in [0.2, 0.25) is 0 Å². The highest BCUT2D eigenvalue weighted by molar-refractivity contribution is 5.77. The quantitative estimate of drug-likeness (QED) is 0.769. The van der Waals surface area contributed by atoms with Crippen LogP contribution in [-0.4, -0.2) is 25.6 Å². The molecule has 0 unspecified atom stereocenters. The van der Waals surface area contributed by atoms with Crippen LogP contribution in [0.25, 0.3) is 0 Å². The molecule has 0 aliphatic rings. The first-order valence-corrected chi connectivity index (χ1v) is 6.06. The molecule has 0 radical (unpaired) electrons. The minimum Gasteiger partial charge on any atom is -0.480 e. The molecule has 0 fully saturated rings. The van der Waals surface area contributed by atoms with Crippen molar-refractivity contribution in [2.45, 2.75) is 19.8 Å². The normalized spacial score (nSPS) is 10.2. The number of rotatable bonds is 7. The number of hydrogen-bond acceptors (Lipinski definition) is 3. The van der Waals surface area contributed by atoms with Gasteiger partial charge < -0.3 is 15.8 Å². The molecule has 1 aromatic rings. The van der Waals surface area contributed by atoms with Crippen molar-refractivity contribution in [1.29, 1.82) is 0 Å². The van der Waals surface area contributed by atoms with Gasteiger partial charge >= 0.3 is 0 Å². The van der Waals surface area contributed by atoms with Crippen LogP contribution in [0, 0.1) is 5.82 Å². The van der Waals surface area contributed by atoms with E-state index in [0.29, 0.717) is 25.1 Å². The van der Waals surface area contributed by atoms with Crippen LogP contribution in [-0.2, 0) is 11.2 Å². The van der Waals surface area contributed by atoms with E-state index in [0.717, 1.165) is 6.42 Å². The Hall–Kier alpha value is -1.62. The summed E-state index contributed by atoms with van der Waals surface area (Å²) in [6.07, 6.45) is 1.37. The van der Waals surface area contributed by atoms with Crippen molar-refractivity contribution >= 4 is 5.91 Å². The Morgan fingerprint density at radius 3 is 2.94 bits per heavy atom. The summed E-state index contributed by atoms with van der Waals surface area (Å²) in [5.74, 6) is -0.599. The second kappa shape index (κ2) is 7.66. The third kappa shape index (κ3) is 4.33. The number of amides is 1. The molecule has 100 valence electrons. The Morgan fingerprint density at radius 1 is 1.50 bits per heavy atom. The molecule has 0 heterocycles. The molecular formula is C13H19FN2O2. The van der Waals surface area contributed by atoms with E-state index in [-0.39, 0.29) is 18.3 Å². The SMILES string of the molecule is CCCNC(=O)COc1c(F)cccc1CCN. The van der Waals surface area contributed by atoms with E-state index in [1.165, 1.54) is 6.07 Å². The van der Waals surface area contributed by atoms with Crippen LogP contribution in [0.15, 0.2) is 18.2 Å². The van der Waals surface area contributed by atoms with E-state index >= 15 is 0 Å². The topological polar surface area (TPSA) is 64.3 Å². The van der Waals surface area contributed by atoms with E-state index in [9.17, 15) is 9.18 Å². The number of nitrogens with two attached hydrogens (primary N) is 1. The highest BCUT2D eigenvalue weighted by Gasteiger charge is 2.11. The fraction of sp³-hybridized carbons (Fsp3) is 0.462. The predicted molar refractivity (Wildman–Crippen MR) is 68.0 cm³/mol. The van der Waals surface area contributed by atoms with Gasteiger partial charge in [-0.25, -0.2) is 4.39 Å². The lowest BCUT2D eigenvalue weighted by atomic mass is 10.1. The summed E-state index contributed by atoms with van der Waals surface area (Å²) in [4.78, 5) is 11.4. The maximum Gasteiger partial charge on any atom is 0.257 e. The standard InChI is InChI=1S/C13H19FN2O2/c1-2-8-16-12(17)9-18-13-10(6-7-15)4-3-5-11(13)14/h3-5H,2,6-9,15H2,1H3,(H,16,17). The number of hydrogen-bond donors (Lipinski definition) is 2. The molecule has 0 spiro atoms. The molecule has 0 saturated heterocycles. The van der Waals surface area contributed by atoms with Crippen LogP contribution in [0.4, 0.5) is 4.39 Å². The zero-order valence-corrected chi connectivity index (χ0v) is 10.5. The smallest absolute Gasteiger partial charge is 0.257 e. The summed E-state index contributed by atoms with van der Waals surface area (Å²) in [6.45, 7) is 2.77. The van der Waals surface area contributed by atoms with Crippen LogP contribution in [0.2, 0.25) is 0 Å². The summed E-state index contributed by atoms with van der Waals surface area (Å²) in [6, 6.07) is 4.65. The molecule has 0 saturated carbocycles.